The third-order valence-electron chi connectivity index (χ3n) is 7.16. The van der Waals surface area contributed by atoms with E-state index in [1.807, 2.05) is 31.4 Å². The Morgan fingerprint density at radius 1 is 1.02 bits per heavy atom. The van der Waals surface area contributed by atoms with E-state index in [2.05, 4.69) is 65.6 Å². The Labute approximate surface area is 246 Å². The van der Waals surface area contributed by atoms with E-state index in [9.17, 15) is 0 Å². The van der Waals surface area contributed by atoms with Gasteiger partial charge in [-0.2, -0.15) is 10.1 Å². The highest BCUT2D eigenvalue weighted by atomic mass is 32.2. The Morgan fingerprint density at radius 3 is 2.51 bits per heavy atom. The van der Waals surface area contributed by atoms with Crippen molar-refractivity contribution in [3.8, 4) is 22.9 Å². The minimum absolute atomic E-state index is 0.155. The first-order chi connectivity index (χ1) is 19.8. The van der Waals surface area contributed by atoms with Crippen LogP contribution in [0.15, 0.2) is 59.8 Å². The number of anilines is 2. The van der Waals surface area contributed by atoms with Gasteiger partial charge in [-0.25, -0.2) is 9.37 Å². The molecule has 4 aromatic rings. The van der Waals surface area contributed by atoms with Crippen LogP contribution in [0.3, 0.4) is 0 Å². The van der Waals surface area contributed by atoms with Gasteiger partial charge in [0.1, 0.15) is 0 Å². The highest BCUT2D eigenvalue weighted by molar-refractivity contribution is 8.00. The molecule has 0 saturated carbocycles. The molecule has 0 spiro atoms. The summed E-state index contributed by atoms with van der Waals surface area (Å²) in [5.41, 5.74) is 4.42. The van der Waals surface area contributed by atoms with Crippen LogP contribution in [-0.4, -0.2) is 57.9 Å². The summed E-state index contributed by atoms with van der Waals surface area (Å²) in [7, 11) is 3.96. The zero-order chi connectivity index (χ0) is 28.9. The van der Waals surface area contributed by atoms with E-state index in [1.54, 1.807) is 16.9 Å². The lowest BCUT2D eigenvalue weighted by Crippen LogP contribution is -2.44. The Balaban J connectivity index is 1.55. The summed E-state index contributed by atoms with van der Waals surface area (Å²) < 4.78 is 27.3. The molecule has 1 fully saturated rings. The minimum atomic E-state index is -0.376. The van der Waals surface area contributed by atoms with Crippen molar-refractivity contribution in [3.05, 3.63) is 71.8 Å². The standard InChI is InChI=1S/C31H38FN7OS/c1-6-24-29(25-11-8-7-10-22(25)18-21(2)3)34-31(36-41-23-19-33-38(5)20-23)35-30(24)40-27-13-9-12-26(28(27)32)39-16-14-37(4)15-17-39/h7-13,19-21H,6,14-18H2,1-5H3,(H,34,35,36). The van der Waals surface area contributed by atoms with Crippen molar-refractivity contribution < 1.29 is 9.13 Å². The summed E-state index contributed by atoms with van der Waals surface area (Å²) in [6, 6.07) is 13.7. The molecule has 8 nitrogen and oxygen atoms in total. The van der Waals surface area contributed by atoms with Crippen LogP contribution in [0, 0.1) is 11.7 Å². The fourth-order valence-electron chi connectivity index (χ4n) is 5.03. The maximum atomic E-state index is 15.9. The fraction of sp³-hybridized carbons (Fsp3) is 0.387. The highest BCUT2D eigenvalue weighted by Gasteiger charge is 2.23. The molecule has 0 radical (unpaired) electrons. The van der Waals surface area contributed by atoms with E-state index in [-0.39, 0.29) is 11.6 Å². The van der Waals surface area contributed by atoms with Crippen LogP contribution in [0.5, 0.6) is 11.6 Å². The van der Waals surface area contributed by atoms with Gasteiger partial charge in [0.2, 0.25) is 11.8 Å². The molecule has 2 aromatic heterocycles. The van der Waals surface area contributed by atoms with Crippen LogP contribution in [0.4, 0.5) is 16.0 Å². The largest absolute Gasteiger partial charge is 0.435 e. The average molecular weight is 576 g/mol. The topological polar surface area (TPSA) is 71.3 Å². The molecule has 0 atom stereocenters. The second-order valence-electron chi connectivity index (χ2n) is 10.8. The summed E-state index contributed by atoms with van der Waals surface area (Å²) in [6.07, 6.45) is 5.21. The Bertz CT molecular complexity index is 1480. The second-order valence-corrected chi connectivity index (χ2v) is 11.7. The van der Waals surface area contributed by atoms with Crippen molar-refractivity contribution in [3.63, 3.8) is 0 Å². The van der Waals surface area contributed by atoms with Crippen molar-refractivity contribution in [2.75, 3.05) is 42.8 Å². The second kappa shape index (κ2) is 12.9. The first kappa shape index (κ1) is 28.9. The number of benzene rings is 2. The number of hydrogen-bond acceptors (Lipinski definition) is 8. The Hall–Kier alpha value is -3.63. The van der Waals surface area contributed by atoms with Crippen LogP contribution in [0.2, 0.25) is 0 Å². The lowest BCUT2D eigenvalue weighted by Gasteiger charge is -2.34. The quantitative estimate of drug-likeness (QED) is 0.217. The Morgan fingerprint density at radius 2 is 1.80 bits per heavy atom. The molecule has 0 unspecified atom stereocenters. The van der Waals surface area contributed by atoms with Gasteiger partial charge in [-0.1, -0.05) is 51.1 Å². The average Bonchev–Trinajstić information content (AvgIpc) is 3.38. The molecule has 2 aromatic carbocycles. The fourth-order valence-corrected chi connectivity index (χ4v) is 5.64. The predicted molar refractivity (Wildman–Crippen MR) is 164 cm³/mol. The molecular formula is C31H38FN7OS. The van der Waals surface area contributed by atoms with Gasteiger partial charge in [-0.05, 0) is 55.5 Å². The van der Waals surface area contributed by atoms with Crippen molar-refractivity contribution in [2.45, 2.75) is 38.5 Å². The van der Waals surface area contributed by atoms with E-state index >= 15 is 4.39 Å². The van der Waals surface area contributed by atoms with E-state index in [4.69, 9.17) is 14.7 Å². The third-order valence-corrected chi connectivity index (χ3v) is 7.89. The van der Waals surface area contributed by atoms with E-state index < -0.39 is 0 Å². The molecule has 5 rings (SSSR count). The maximum absolute atomic E-state index is 15.9. The lowest BCUT2D eigenvalue weighted by molar-refractivity contribution is 0.311. The zero-order valence-electron chi connectivity index (χ0n) is 24.4. The number of nitrogens with one attached hydrogen (secondary N) is 1. The van der Waals surface area contributed by atoms with Crippen molar-refractivity contribution in [1.29, 1.82) is 0 Å². The summed E-state index contributed by atoms with van der Waals surface area (Å²) in [5, 5.41) is 4.24. The molecule has 10 heteroatoms. The van der Waals surface area contributed by atoms with E-state index in [0.29, 0.717) is 29.9 Å². The number of rotatable bonds is 10. The van der Waals surface area contributed by atoms with Gasteiger partial charge in [-0.3, -0.25) is 9.40 Å². The predicted octanol–water partition coefficient (Wildman–Crippen LogP) is 6.44. The molecule has 41 heavy (non-hydrogen) atoms. The molecule has 3 heterocycles. The number of ether oxygens (including phenoxy) is 1. The minimum Gasteiger partial charge on any atom is -0.435 e. The van der Waals surface area contributed by atoms with Crippen LogP contribution in [0.25, 0.3) is 11.3 Å². The molecule has 1 aliphatic rings. The normalized spacial score (nSPS) is 14.1. The molecule has 1 aliphatic heterocycles. The monoisotopic (exact) mass is 575 g/mol. The van der Waals surface area contributed by atoms with Crippen LogP contribution in [0.1, 0.15) is 31.9 Å². The summed E-state index contributed by atoms with van der Waals surface area (Å²) in [6.45, 7) is 9.77. The number of nitrogens with zero attached hydrogens (tertiary/aromatic N) is 6. The van der Waals surface area contributed by atoms with Crippen molar-refractivity contribution in [1.82, 2.24) is 24.6 Å². The molecule has 0 amide bonds. The zero-order valence-corrected chi connectivity index (χ0v) is 25.2. The van der Waals surface area contributed by atoms with Gasteiger partial charge < -0.3 is 14.5 Å². The SMILES string of the molecule is CCc1c(Oc2cccc(N3CCN(C)CC3)c2F)nc(NSc2cnn(C)c2)nc1-c1ccccc1CC(C)C. The molecule has 1 N–H and O–H groups in total. The van der Waals surface area contributed by atoms with Crippen LogP contribution in [-0.2, 0) is 19.9 Å². The number of likely N-dealkylation sites (N-methyl/N-ethyl adjacent to an activating group) is 1. The number of hydrogen-bond donors (Lipinski definition) is 1. The molecule has 216 valence electrons. The number of piperazine rings is 1. The maximum Gasteiger partial charge on any atom is 0.237 e. The number of aromatic nitrogens is 4. The molecule has 0 aliphatic carbocycles. The van der Waals surface area contributed by atoms with Crippen LogP contribution >= 0.6 is 11.9 Å². The first-order valence-electron chi connectivity index (χ1n) is 14.1. The summed E-state index contributed by atoms with van der Waals surface area (Å²) in [5.74, 6) is 0.987. The van der Waals surface area contributed by atoms with Gasteiger partial charge >= 0.3 is 0 Å². The lowest BCUT2D eigenvalue weighted by atomic mass is 9.94. The Kier molecular flexibility index (Phi) is 9.09. The van der Waals surface area contributed by atoms with Gasteiger partial charge in [0.25, 0.3) is 0 Å². The first-order valence-corrected chi connectivity index (χ1v) is 14.9. The third kappa shape index (κ3) is 6.82. The van der Waals surface area contributed by atoms with Gasteiger partial charge in [0.05, 0.1) is 22.5 Å². The summed E-state index contributed by atoms with van der Waals surface area (Å²) >= 11 is 1.37. The smallest absolute Gasteiger partial charge is 0.237 e. The molecule has 1 saturated heterocycles. The van der Waals surface area contributed by atoms with Crippen molar-refractivity contribution in [2.24, 2.45) is 13.0 Å². The molecule has 0 bridgehead atoms. The van der Waals surface area contributed by atoms with E-state index in [1.165, 1.54) is 17.5 Å². The number of halogens is 1. The highest BCUT2D eigenvalue weighted by Crippen LogP contribution is 2.37. The van der Waals surface area contributed by atoms with Gasteiger partial charge in [-0.15, -0.1) is 0 Å². The van der Waals surface area contributed by atoms with Crippen molar-refractivity contribution >= 4 is 23.6 Å². The number of aryl methyl sites for hydroxylation is 1. The van der Waals surface area contributed by atoms with Crippen LogP contribution < -0.4 is 14.4 Å². The summed E-state index contributed by atoms with van der Waals surface area (Å²) in [4.78, 5) is 15.0. The molecular weight excluding hydrogens is 537 g/mol. The van der Waals surface area contributed by atoms with E-state index in [0.717, 1.165) is 54.3 Å². The van der Waals surface area contributed by atoms with Gasteiger partial charge in [0, 0.05) is 50.6 Å². The van der Waals surface area contributed by atoms with Gasteiger partial charge in [0.15, 0.2) is 11.6 Å².